The van der Waals surface area contributed by atoms with Crippen molar-refractivity contribution in [1.29, 1.82) is 0 Å². The van der Waals surface area contributed by atoms with E-state index in [1.165, 1.54) is 0 Å². The number of rotatable bonds is 0. The molecule has 0 radical (unpaired) electrons. The molecule has 0 aromatic heterocycles. The predicted octanol–water partition coefficient (Wildman–Crippen LogP) is 1.98. The summed E-state index contributed by atoms with van der Waals surface area (Å²) in [5, 5.41) is -0.186. The van der Waals surface area contributed by atoms with Crippen LogP contribution in [0.3, 0.4) is 0 Å². The second-order valence-corrected chi connectivity index (χ2v) is 3.23. The lowest BCUT2D eigenvalue weighted by Crippen LogP contribution is -2.26. The summed E-state index contributed by atoms with van der Waals surface area (Å²) in [4.78, 5) is 11.0. The molecule has 1 rings (SSSR count). The van der Waals surface area contributed by atoms with Crippen molar-refractivity contribution in [2.45, 2.75) is 31.6 Å². The topological polar surface area (TPSA) is 17.1 Å². The van der Waals surface area contributed by atoms with E-state index in [0.717, 1.165) is 19.3 Å². The van der Waals surface area contributed by atoms with Crippen molar-refractivity contribution in [3.8, 4) is 0 Å². The normalized spacial score (nSPS) is 36.9. The molecule has 52 valence electrons. The van der Waals surface area contributed by atoms with Gasteiger partial charge in [-0.1, -0.05) is 13.3 Å². The fourth-order valence-electron chi connectivity index (χ4n) is 1.20. The Hall–Kier alpha value is -0.0400. The Morgan fingerprint density at radius 1 is 1.56 bits per heavy atom. The highest BCUT2D eigenvalue weighted by Gasteiger charge is 2.25. The van der Waals surface area contributed by atoms with Gasteiger partial charge in [-0.25, -0.2) is 0 Å². The first-order chi connectivity index (χ1) is 4.22. The predicted molar refractivity (Wildman–Crippen MR) is 37.7 cm³/mol. The summed E-state index contributed by atoms with van der Waals surface area (Å²) in [5.41, 5.74) is 0. The summed E-state index contributed by atoms with van der Waals surface area (Å²) in [6, 6.07) is 0. The average molecular weight is 147 g/mol. The molecule has 0 aromatic rings. The molecule has 1 nitrogen and oxygen atoms in total. The molecule has 0 N–H and O–H groups in total. The van der Waals surface area contributed by atoms with Crippen LogP contribution in [0.25, 0.3) is 0 Å². The first-order valence-corrected chi connectivity index (χ1v) is 3.83. The number of hydrogen-bond donors (Lipinski definition) is 0. The van der Waals surface area contributed by atoms with E-state index in [2.05, 4.69) is 0 Å². The molecule has 0 amide bonds. The van der Waals surface area contributed by atoms with Crippen molar-refractivity contribution in [2.24, 2.45) is 5.92 Å². The van der Waals surface area contributed by atoms with Crippen LogP contribution in [0.15, 0.2) is 0 Å². The van der Waals surface area contributed by atoms with E-state index in [1.807, 2.05) is 6.92 Å². The molecule has 2 heteroatoms. The highest BCUT2D eigenvalue weighted by molar-refractivity contribution is 6.31. The van der Waals surface area contributed by atoms with Crippen LogP contribution < -0.4 is 0 Å². The van der Waals surface area contributed by atoms with E-state index in [9.17, 15) is 4.79 Å². The fourth-order valence-corrected chi connectivity index (χ4v) is 1.57. The van der Waals surface area contributed by atoms with Crippen LogP contribution in [0.5, 0.6) is 0 Å². The molecule has 1 fully saturated rings. The zero-order valence-electron chi connectivity index (χ0n) is 5.56. The number of alkyl halides is 1. The van der Waals surface area contributed by atoms with Crippen LogP contribution in [0, 0.1) is 5.92 Å². The van der Waals surface area contributed by atoms with Gasteiger partial charge in [-0.2, -0.15) is 0 Å². The van der Waals surface area contributed by atoms with Gasteiger partial charge in [-0.3, -0.25) is 4.79 Å². The molecule has 0 heterocycles. The zero-order valence-corrected chi connectivity index (χ0v) is 6.32. The molecule has 9 heavy (non-hydrogen) atoms. The lowest BCUT2D eigenvalue weighted by Gasteiger charge is -2.19. The molecular weight excluding hydrogens is 136 g/mol. The van der Waals surface area contributed by atoms with Crippen LogP contribution in [0.2, 0.25) is 0 Å². The maximum absolute atomic E-state index is 11.0. The smallest absolute Gasteiger partial charge is 0.153 e. The number of ketones is 1. The largest absolute Gasteiger partial charge is 0.298 e. The molecule has 0 aliphatic heterocycles. The van der Waals surface area contributed by atoms with Crippen LogP contribution in [0.1, 0.15) is 26.2 Å². The van der Waals surface area contributed by atoms with Gasteiger partial charge in [0.2, 0.25) is 0 Å². The van der Waals surface area contributed by atoms with Crippen molar-refractivity contribution in [1.82, 2.24) is 0 Å². The summed E-state index contributed by atoms with van der Waals surface area (Å²) >= 11 is 5.71. The standard InChI is InChI=1S/C7H11ClO/c1-5-3-2-4-6(8)7(5)9/h5-6H,2-4H2,1H3/t5-,6+/m1/s1. The Bertz CT molecular complexity index is 110. The van der Waals surface area contributed by atoms with Gasteiger partial charge in [0, 0.05) is 5.92 Å². The van der Waals surface area contributed by atoms with Gasteiger partial charge in [0.05, 0.1) is 5.38 Å². The SMILES string of the molecule is C[C@@H]1CCC[C@H](Cl)C1=O. The Labute approximate surface area is 60.4 Å². The second kappa shape index (κ2) is 2.70. The number of halogens is 1. The summed E-state index contributed by atoms with van der Waals surface area (Å²) in [6.45, 7) is 1.96. The van der Waals surface area contributed by atoms with E-state index in [1.54, 1.807) is 0 Å². The summed E-state index contributed by atoms with van der Waals surface area (Å²) in [6.07, 6.45) is 3.02. The molecule has 1 aliphatic carbocycles. The molecule has 0 bridgehead atoms. The van der Waals surface area contributed by atoms with Crippen molar-refractivity contribution < 1.29 is 4.79 Å². The van der Waals surface area contributed by atoms with Crippen molar-refractivity contribution >= 4 is 17.4 Å². The first-order valence-electron chi connectivity index (χ1n) is 3.39. The average Bonchev–Trinajstić information content (AvgIpc) is 1.83. The van der Waals surface area contributed by atoms with Gasteiger partial charge in [-0.15, -0.1) is 11.6 Å². The van der Waals surface area contributed by atoms with Crippen molar-refractivity contribution in [2.75, 3.05) is 0 Å². The number of carbonyl (C=O) groups is 1. The fraction of sp³-hybridized carbons (Fsp3) is 0.857. The summed E-state index contributed by atoms with van der Waals surface area (Å²) in [7, 11) is 0. The van der Waals surface area contributed by atoms with E-state index >= 15 is 0 Å². The third-order valence-corrected chi connectivity index (χ3v) is 2.32. The number of Topliss-reactive ketones (excluding diaryl/α,β-unsaturated/α-hetero) is 1. The maximum atomic E-state index is 11.0. The van der Waals surface area contributed by atoms with E-state index in [-0.39, 0.29) is 17.1 Å². The minimum absolute atomic E-state index is 0.186. The summed E-state index contributed by atoms with van der Waals surface area (Å²) in [5.74, 6) is 0.448. The lowest BCUT2D eigenvalue weighted by molar-refractivity contribution is -0.123. The van der Waals surface area contributed by atoms with Gasteiger partial charge in [0.15, 0.2) is 5.78 Å². The molecule has 1 aliphatic rings. The molecule has 2 atom stereocenters. The van der Waals surface area contributed by atoms with Crippen molar-refractivity contribution in [3.05, 3.63) is 0 Å². The first kappa shape index (κ1) is 7.07. The van der Waals surface area contributed by atoms with Gasteiger partial charge < -0.3 is 0 Å². The Morgan fingerprint density at radius 2 is 2.22 bits per heavy atom. The molecule has 0 aromatic carbocycles. The maximum Gasteiger partial charge on any atom is 0.153 e. The third-order valence-electron chi connectivity index (χ3n) is 1.89. The Morgan fingerprint density at radius 3 is 2.67 bits per heavy atom. The van der Waals surface area contributed by atoms with Gasteiger partial charge in [0.1, 0.15) is 0 Å². The number of carbonyl (C=O) groups excluding carboxylic acids is 1. The van der Waals surface area contributed by atoms with Gasteiger partial charge in [-0.05, 0) is 12.8 Å². The monoisotopic (exact) mass is 146 g/mol. The lowest BCUT2D eigenvalue weighted by atomic mass is 9.89. The minimum atomic E-state index is -0.186. The molecule has 0 unspecified atom stereocenters. The quantitative estimate of drug-likeness (QED) is 0.478. The van der Waals surface area contributed by atoms with Crippen LogP contribution in [-0.4, -0.2) is 11.2 Å². The van der Waals surface area contributed by atoms with Gasteiger partial charge in [0.25, 0.3) is 0 Å². The molecule has 0 spiro atoms. The molecule has 0 saturated heterocycles. The Kier molecular flexibility index (Phi) is 2.12. The Balaban J connectivity index is 2.52. The third kappa shape index (κ3) is 1.45. The second-order valence-electron chi connectivity index (χ2n) is 2.70. The van der Waals surface area contributed by atoms with Gasteiger partial charge >= 0.3 is 0 Å². The van der Waals surface area contributed by atoms with E-state index < -0.39 is 0 Å². The number of hydrogen-bond acceptors (Lipinski definition) is 1. The highest BCUT2D eigenvalue weighted by Crippen LogP contribution is 2.23. The highest BCUT2D eigenvalue weighted by atomic mass is 35.5. The molecular formula is C7H11ClO. The van der Waals surface area contributed by atoms with Crippen LogP contribution in [0.4, 0.5) is 0 Å². The van der Waals surface area contributed by atoms with E-state index in [0.29, 0.717) is 0 Å². The van der Waals surface area contributed by atoms with E-state index in [4.69, 9.17) is 11.6 Å². The minimum Gasteiger partial charge on any atom is -0.298 e. The zero-order chi connectivity index (χ0) is 6.85. The molecule has 1 saturated carbocycles. The van der Waals surface area contributed by atoms with Crippen LogP contribution in [-0.2, 0) is 4.79 Å². The van der Waals surface area contributed by atoms with Crippen LogP contribution >= 0.6 is 11.6 Å². The summed E-state index contributed by atoms with van der Waals surface area (Å²) < 4.78 is 0. The van der Waals surface area contributed by atoms with Crippen molar-refractivity contribution in [3.63, 3.8) is 0 Å².